The normalized spacial score (nSPS) is 15.6. The van der Waals surface area contributed by atoms with Crippen molar-refractivity contribution >= 4 is 11.4 Å². The Kier molecular flexibility index (Phi) is 1.80. The Bertz CT molecular complexity index is 578. The Hall–Kier alpha value is -1.84. The minimum Gasteiger partial charge on any atom is -0.384 e. The molecule has 1 fully saturated rings. The Balaban J connectivity index is 2.35. The molecule has 0 unspecified atom stereocenters. The van der Waals surface area contributed by atoms with Crippen LogP contribution in [-0.4, -0.2) is 15.2 Å². The zero-order valence-corrected chi connectivity index (χ0v) is 9.20. The van der Waals surface area contributed by atoms with Gasteiger partial charge in [-0.2, -0.15) is 0 Å². The summed E-state index contributed by atoms with van der Waals surface area (Å²) in [5.74, 6) is 1.83. The molecule has 1 aliphatic rings. The second-order valence-corrected chi connectivity index (χ2v) is 4.38. The van der Waals surface area contributed by atoms with E-state index in [-0.39, 0.29) is 5.84 Å². The van der Waals surface area contributed by atoms with Gasteiger partial charge in [0.1, 0.15) is 11.7 Å². The van der Waals surface area contributed by atoms with E-state index in [9.17, 15) is 0 Å². The van der Waals surface area contributed by atoms with Gasteiger partial charge in [0.05, 0.1) is 11.2 Å². The quantitative estimate of drug-likeness (QED) is 0.591. The fourth-order valence-corrected chi connectivity index (χ4v) is 2.19. The smallest absolute Gasteiger partial charge is 0.124 e. The van der Waals surface area contributed by atoms with Crippen LogP contribution in [0, 0.1) is 12.3 Å². The van der Waals surface area contributed by atoms with Crippen molar-refractivity contribution in [3.8, 4) is 0 Å². The topological polar surface area (TPSA) is 67.2 Å². The van der Waals surface area contributed by atoms with E-state index < -0.39 is 0 Å². The molecule has 0 atom stereocenters. The highest BCUT2D eigenvalue weighted by Gasteiger charge is 2.29. The largest absolute Gasteiger partial charge is 0.384 e. The molecule has 4 nitrogen and oxygen atoms in total. The summed E-state index contributed by atoms with van der Waals surface area (Å²) in [6.07, 6.45) is 4.46. The van der Waals surface area contributed by atoms with Crippen LogP contribution in [0.4, 0.5) is 0 Å². The van der Waals surface area contributed by atoms with Gasteiger partial charge in [-0.05, 0) is 31.9 Å². The summed E-state index contributed by atoms with van der Waals surface area (Å²) in [5, 5.41) is 7.58. The molecule has 1 aliphatic carbocycles. The minimum absolute atomic E-state index is 0.107. The number of nitrogens with zero attached hydrogens (tertiary/aromatic N) is 2. The molecule has 2 aromatic rings. The molecule has 2 aromatic heterocycles. The van der Waals surface area contributed by atoms with Gasteiger partial charge in [-0.15, -0.1) is 0 Å². The number of fused-ring (bicyclic) bond motifs is 1. The Morgan fingerprint density at radius 2 is 2.31 bits per heavy atom. The Morgan fingerprint density at radius 3 is 2.94 bits per heavy atom. The van der Waals surface area contributed by atoms with Crippen molar-refractivity contribution in [2.24, 2.45) is 5.73 Å². The molecule has 2 heterocycles. The van der Waals surface area contributed by atoms with Crippen molar-refractivity contribution in [1.29, 1.82) is 5.41 Å². The molecule has 0 aliphatic heterocycles. The van der Waals surface area contributed by atoms with E-state index in [1.807, 2.05) is 25.3 Å². The second-order valence-electron chi connectivity index (χ2n) is 4.38. The van der Waals surface area contributed by atoms with Crippen molar-refractivity contribution in [2.45, 2.75) is 25.7 Å². The summed E-state index contributed by atoms with van der Waals surface area (Å²) < 4.78 is 2.09. The molecular formula is C12H14N4. The Morgan fingerprint density at radius 1 is 1.56 bits per heavy atom. The number of aromatic nitrogens is 2. The van der Waals surface area contributed by atoms with Crippen molar-refractivity contribution in [2.75, 3.05) is 0 Å². The van der Waals surface area contributed by atoms with Crippen LogP contribution in [0.5, 0.6) is 0 Å². The lowest BCUT2D eigenvalue weighted by atomic mass is 10.2. The second kappa shape index (κ2) is 3.07. The summed E-state index contributed by atoms with van der Waals surface area (Å²) in [7, 11) is 0. The number of rotatable bonds is 2. The molecule has 0 aromatic carbocycles. The average Bonchev–Trinajstić information content (AvgIpc) is 3.04. The molecule has 0 radical (unpaired) electrons. The first-order valence-electron chi connectivity index (χ1n) is 5.50. The van der Waals surface area contributed by atoms with E-state index in [1.165, 1.54) is 12.8 Å². The van der Waals surface area contributed by atoms with Crippen LogP contribution in [0.2, 0.25) is 0 Å². The van der Waals surface area contributed by atoms with Crippen LogP contribution in [0.3, 0.4) is 0 Å². The monoisotopic (exact) mass is 214 g/mol. The summed E-state index contributed by atoms with van der Waals surface area (Å²) in [5.41, 5.74) is 8.32. The van der Waals surface area contributed by atoms with Gasteiger partial charge in [0.2, 0.25) is 0 Å². The molecule has 0 spiro atoms. The SMILES string of the molecule is Cc1nc(C2CC2)n2cccc(C(=N)N)c12. The van der Waals surface area contributed by atoms with Gasteiger partial charge in [0.15, 0.2) is 0 Å². The standard InChI is InChI=1S/C12H14N4/c1-7-10-9(11(13)14)3-2-6-16(10)12(15-7)8-4-5-8/h2-3,6,8H,4-5H2,1H3,(H3,13,14). The molecule has 0 amide bonds. The molecule has 4 heteroatoms. The van der Waals surface area contributed by atoms with Crippen molar-refractivity contribution < 1.29 is 0 Å². The number of hydrogen-bond donors (Lipinski definition) is 2. The first-order chi connectivity index (χ1) is 7.68. The lowest BCUT2D eigenvalue weighted by Gasteiger charge is -2.04. The highest BCUT2D eigenvalue weighted by Crippen LogP contribution is 2.40. The molecular weight excluding hydrogens is 200 g/mol. The molecule has 0 saturated heterocycles. The first-order valence-corrected chi connectivity index (χ1v) is 5.50. The van der Waals surface area contributed by atoms with Crippen molar-refractivity contribution in [3.63, 3.8) is 0 Å². The van der Waals surface area contributed by atoms with Gasteiger partial charge < -0.3 is 10.1 Å². The van der Waals surface area contributed by atoms with Gasteiger partial charge in [-0.1, -0.05) is 0 Å². The van der Waals surface area contributed by atoms with Crippen LogP contribution in [0.15, 0.2) is 18.3 Å². The van der Waals surface area contributed by atoms with E-state index in [0.717, 1.165) is 22.6 Å². The van der Waals surface area contributed by atoms with Crippen LogP contribution in [0.1, 0.15) is 35.8 Å². The maximum absolute atomic E-state index is 7.58. The maximum Gasteiger partial charge on any atom is 0.124 e. The average molecular weight is 214 g/mol. The van der Waals surface area contributed by atoms with E-state index >= 15 is 0 Å². The number of amidine groups is 1. The van der Waals surface area contributed by atoms with E-state index in [0.29, 0.717) is 5.92 Å². The first kappa shape index (κ1) is 9.39. The highest BCUT2D eigenvalue weighted by molar-refractivity contribution is 6.02. The van der Waals surface area contributed by atoms with Crippen LogP contribution < -0.4 is 5.73 Å². The fraction of sp³-hybridized carbons (Fsp3) is 0.333. The van der Waals surface area contributed by atoms with Crippen LogP contribution in [0.25, 0.3) is 5.52 Å². The minimum atomic E-state index is 0.107. The summed E-state index contributed by atoms with van der Waals surface area (Å²) in [6.45, 7) is 1.98. The van der Waals surface area contributed by atoms with Gasteiger partial charge in [-0.3, -0.25) is 5.41 Å². The molecule has 3 N–H and O–H groups in total. The number of nitrogen functional groups attached to an aromatic ring is 1. The zero-order chi connectivity index (χ0) is 11.3. The van der Waals surface area contributed by atoms with Crippen molar-refractivity contribution in [3.05, 3.63) is 35.4 Å². The number of aryl methyl sites for hydroxylation is 1. The van der Waals surface area contributed by atoms with E-state index in [2.05, 4.69) is 9.38 Å². The summed E-state index contributed by atoms with van der Waals surface area (Å²) in [6, 6.07) is 3.81. The third kappa shape index (κ3) is 1.23. The van der Waals surface area contributed by atoms with E-state index in [1.54, 1.807) is 0 Å². The van der Waals surface area contributed by atoms with Gasteiger partial charge in [-0.25, -0.2) is 4.98 Å². The zero-order valence-electron chi connectivity index (χ0n) is 9.20. The third-order valence-electron chi connectivity index (χ3n) is 3.10. The number of pyridine rings is 1. The number of hydrogen-bond acceptors (Lipinski definition) is 2. The van der Waals surface area contributed by atoms with Gasteiger partial charge in [0, 0.05) is 17.7 Å². The molecule has 3 rings (SSSR count). The number of nitrogens with two attached hydrogens (primary N) is 1. The third-order valence-corrected chi connectivity index (χ3v) is 3.10. The highest BCUT2D eigenvalue weighted by atomic mass is 15.0. The predicted molar refractivity (Wildman–Crippen MR) is 62.9 cm³/mol. The number of imidazole rings is 1. The lowest BCUT2D eigenvalue weighted by molar-refractivity contribution is 0.916. The number of nitrogens with one attached hydrogen (secondary N) is 1. The lowest BCUT2D eigenvalue weighted by Crippen LogP contribution is -2.12. The Labute approximate surface area is 93.6 Å². The maximum atomic E-state index is 7.58. The van der Waals surface area contributed by atoms with Gasteiger partial charge in [0.25, 0.3) is 0 Å². The molecule has 0 bridgehead atoms. The van der Waals surface area contributed by atoms with Crippen LogP contribution >= 0.6 is 0 Å². The predicted octanol–water partition coefficient (Wildman–Crippen LogP) is 1.80. The molecule has 82 valence electrons. The molecule has 16 heavy (non-hydrogen) atoms. The van der Waals surface area contributed by atoms with Crippen molar-refractivity contribution in [1.82, 2.24) is 9.38 Å². The van der Waals surface area contributed by atoms with E-state index in [4.69, 9.17) is 11.1 Å². The fourth-order valence-electron chi connectivity index (χ4n) is 2.19. The van der Waals surface area contributed by atoms with Gasteiger partial charge >= 0.3 is 0 Å². The molecule has 1 saturated carbocycles. The summed E-state index contributed by atoms with van der Waals surface area (Å²) in [4.78, 5) is 4.61. The summed E-state index contributed by atoms with van der Waals surface area (Å²) >= 11 is 0. The van der Waals surface area contributed by atoms with Crippen LogP contribution in [-0.2, 0) is 0 Å².